The maximum atomic E-state index is 14.2. The number of hydrogen-bond acceptors (Lipinski definition) is 5. The van der Waals surface area contributed by atoms with Gasteiger partial charge in [0.05, 0.1) is 28.8 Å². The van der Waals surface area contributed by atoms with Crippen molar-refractivity contribution in [3.63, 3.8) is 0 Å². The van der Waals surface area contributed by atoms with Gasteiger partial charge in [0.1, 0.15) is 5.82 Å². The Bertz CT molecular complexity index is 1510. The molecule has 0 amide bonds. The van der Waals surface area contributed by atoms with E-state index in [0.717, 1.165) is 6.07 Å². The van der Waals surface area contributed by atoms with Crippen molar-refractivity contribution in [2.45, 2.75) is 31.4 Å². The van der Waals surface area contributed by atoms with Crippen LogP contribution in [-0.4, -0.2) is 17.1 Å². The highest BCUT2D eigenvalue weighted by molar-refractivity contribution is 6.03. The minimum atomic E-state index is -4.64. The number of allylic oxidation sites excluding steroid dienone is 3. The summed E-state index contributed by atoms with van der Waals surface area (Å²) in [6, 6.07) is 16.2. The molecular formula is C28H20F3N3O3. The van der Waals surface area contributed by atoms with E-state index in [-0.39, 0.29) is 36.1 Å². The third-order valence-corrected chi connectivity index (χ3v) is 6.88. The molecule has 0 unspecified atom stereocenters. The van der Waals surface area contributed by atoms with Crippen molar-refractivity contribution in [2.75, 3.05) is 11.7 Å². The van der Waals surface area contributed by atoms with Crippen LogP contribution in [0.25, 0.3) is 5.82 Å². The van der Waals surface area contributed by atoms with Gasteiger partial charge in [-0.3, -0.25) is 9.69 Å². The van der Waals surface area contributed by atoms with Crippen LogP contribution in [0.4, 0.5) is 18.9 Å². The van der Waals surface area contributed by atoms with E-state index in [1.807, 2.05) is 0 Å². The molecule has 6 rings (SSSR count). The molecule has 0 bridgehead atoms. The van der Waals surface area contributed by atoms with Gasteiger partial charge in [0.15, 0.2) is 17.3 Å². The Hall–Kier alpha value is -4.45. The number of nitriles is 1. The van der Waals surface area contributed by atoms with Crippen LogP contribution in [0.2, 0.25) is 0 Å². The third-order valence-electron chi connectivity index (χ3n) is 6.88. The lowest BCUT2D eigenvalue weighted by molar-refractivity contribution is -0.137. The van der Waals surface area contributed by atoms with Crippen molar-refractivity contribution in [2.24, 2.45) is 0 Å². The zero-order valence-corrected chi connectivity index (χ0v) is 19.5. The average Bonchev–Trinajstić information content (AvgIpc) is 3.59. The van der Waals surface area contributed by atoms with E-state index < -0.39 is 17.7 Å². The molecule has 0 radical (unpaired) electrons. The molecule has 0 saturated carbocycles. The fourth-order valence-electron chi connectivity index (χ4n) is 5.37. The lowest BCUT2D eigenvalue weighted by Gasteiger charge is -2.42. The number of alkyl halides is 3. The van der Waals surface area contributed by atoms with Gasteiger partial charge in [-0.25, -0.2) is 0 Å². The van der Waals surface area contributed by atoms with E-state index in [4.69, 9.17) is 9.47 Å². The van der Waals surface area contributed by atoms with E-state index >= 15 is 0 Å². The Labute approximate surface area is 210 Å². The molecule has 37 heavy (non-hydrogen) atoms. The molecule has 0 N–H and O–H groups in total. The van der Waals surface area contributed by atoms with Crippen LogP contribution >= 0.6 is 0 Å². The number of Topliss-reactive ketones (excluding diaryl/α,β-unsaturated/α-hetero) is 1. The second-order valence-corrected chi connectivity index (χ2v) is 8.97. The van der Waals surface area contributed by atoms with Gasteiger partial charge >= 0.3 is 6.18 Å². The van der Waals surface area contributed by atoms with Gasteiger partial charge in [-0.15, -0.1) is 0 Å². The standard InChI is InChI=1S/C28H20F3N3O3/c29-28(30,31)19-6-1-2-7-20(19)34-21-8-5-9-22(35)26(21)25(17-10-11-23-24(14-17)37-16-36-23)18(15-32)27(34)33-12-3-4-13-33/h1-4,6-7,10-14,25H,5,8-9,16H2/t25-/m1/s1. The predicted octanol–water partition coefficient (Wildman–Crippen LogP) is 6.24. The number of halogens is 3. The maximum Gasteiger partial charge on any atom is 0.418 e. The van der Waals surface area contributed by atoms with Crippen molar-refractivity contribution in [1.82, 2.24) is 4.57 Å². The lowest BCUT2D eigenvalue weighted by Crippen LogP contribution is -2.37. The van der Waals surface area contributed by atoms with Crippen LogP contribution in [-0.2, 0) is 11.0 Å². The number of hydrogen-bond donors (Lipinski definition) is 0. The largest absolute Gasteiger partial charge is 0.454 e. The minimum absolute atomic E-state index is 0.0634. The van der Waals surface area contributed by atoms with Crippen LogP contribution in [0, 0.1) is 11.3 Å². The van der Waals surface area contributed by atoms with Crippen LogP contribution < -0.4 is 14.4 Å². The Morgan fingerprint density at radius 2 is 1.73 bits per heavy atom. The van der Waals surface area contributed by atoms with Gasteiger partial charge in [-0.2, -0.15) is 18.4 Å². The van der Waals surface area contributed by atoms with E-state index in [1.54, 1.807) is 47.3 Å². The van der Waals surface area contributed by atoms with Crippen molar-refractivity contribution in [3.8, 4) is 17.6 Å². The first-order valence-electron chi connectivity index (χ1n) is 11.8. The molecule has 186 valence electrons. The minimum Gasteiger partial charge on any atom is -0.454 e. The summed E-state index contributed by atoms with van der Waals surface area (Å²) in [6.07, 6.45) is -0.134. The number of carbonyl (C=O) groups excluding carboxylic acids is 1. The van der Waals surface area contributed by atoms with Gasteiger partial charge in [-0.1, -0.05) is 18.2 Å². The molecular weight excluding hydrogens is 483 g/mol. The van der Waals surface area contributed by atoms with Crippen LogP contribution in [0.15, 0.2) is 83.8 Å². The monoisotopic (exact) mass is 503 g/mol. The summed E-state index contributed by atoms with van der Waals surface area (Å²) in [6.45, 7) is 0.0634. The second-order valence-electron chi connectivity index (χ2n) is 8.97. The van der Waals surface area contributed by atoms with Gasteiger partial charge in [0, 0.05) is 30.1 Å². The van der Waals surface area contributed by atoms with Gasteiger partial charge in [0.25, 0.3) is 0 Å². The second kappa shape index (κ2) is 8.59. The fraction of sp³-hybridized carbons (Fsp3) is 0.214. The lowest BCUT2D eigenvalue weighted by atomic mass is 9.75. The molecule has 1 aromatic heterocycles. The number of fused-ring (bicyclic) bond motifs is 1. The normalized spacial score (nSPS) is 19.2. The number of rotatable bonds is 3. The number of ketones is 1. The molecule has 3 aromatic rings. The average molecular weight is 503 g/mol. The number of aromatic nitrogens is 1. The first-order valence-corrected chi connectivity index (χ1v) is 11.8. The summed E-state index contributed by atoms with van der Waals surface area (Å²) in [5, 5.41) is 10.5. The summed E-state index contributed by atoms with van der Waals surface area (Å²) in [5.41, 5.74) is 0.645. The summed E-state index contributed by atoms with van der Waals surface area (Å²) in [5.74, 6) is 0.358. The van der Waals surface area contributed by atoms with Crippen LogP contribution in [0.3, 0.4) is 0 Å². The number of benzene rings is 2. The van der Waals surface area contributed by atoms with Gasteiger partial charge in [-0.05, 0) is 54.8 Å². The Morgan fingerprint density at radius 3 is 2.49 bits per heavy atom. The molecule has 0 fully saturated rings. The van der Waals surface area contributed by atoms with Crippen molar-refractivity contribution >= 4 is 17.3 Å². The molecule has 3 aliphatic rings. The number of para-hydroxylation sites is 1. The van der Waals surface area contributed by atoms with Gasteiger partial charge in [0.2, 0.25) is 6.79 Å². The molecule has 1 aliphatic carbocycles. The molecule has 2 aliphatic heterocycles. The quantitative estimate of drug-likeness (QED) is 0.423. The number of anilines is 1. The van der Waals surface area contributed by atoms with Crippen LogP contribution in [0.1, 0.15) is 36.3 Å². The number of nitrogens with zero attached hydrogens (tertiary/aromatic N) is 3. The molecule has 6 nitrogen and oxygen atoms in total. The fourth-order valence-corrected chi connectivity index (χ4v) is 5.37. The smallest absolute Gasteiger partial charge is 0.418 e. The molecule has 1 atom stereocenters. The Kier molecular flexibility index (Phi) is 5.33. The Morgan fingerprint density at radius 1 is 0.973 bits per heavy atom. The molecule has 0 saturated heterocycles. The van der Waals surface area contributed by atoms with Crippen LogP contribution in [0.5, 0.6) is 11.5 Å². The summed E-state index contributed by atoms with van der Waals surface area (Å²) in [4.78, 5) is 14.9. The molecule has 0 spiro atoms. The van der Waals surface area contributed by atoms with E-state index in [2.05, 4.69) is 6.07 Å². The first kappa shape index (κ1) is 23.0. The van der Waals surface area contributed by atoms with E-state index in [1.165, 1.54) is 23.1 Å². The summed E-state index contributed by atoms with van der Waals surface area (Å²) in [7, 11) is 0. The zero-order chi connectivity index (χ0) is 25.7. The van der Waals surface area contributed by atoms with E-state index in [0.29, 0.717) is 41.2 Å². The van der Waals surface area contributed by atoms with Crippen molar-refractivity contribution < 1.29 is 27.4 Å². The highest BCUT2D eigenvalue weighted by atomic mass is 19.4. The SMILES string of the molecule is N#CC1=C(n2cccc2)N(c2ccccc2C(F)(F)F)C2=C(C(=O)CCC2)[C@@H]1c1ccc2c(c1)OCO2. The highest BCUT2D eigenvalue weighted by Crippen LogP contribution is 2.51. The molecule has 2 aromatic carbocycles. The third kappa shape index (κ3) is 3.68. The first-order chi connectivity index (χ1) is 17.9. The van der Waals surface area contributed by atoms with Crippen molar-refractivity contribution in [1.29, 1.82) is 5.26 Å². The number of carbonyl (C=O) groups is 1. The summed E-state index contributed by atoms with van der Waals surface area (Å²) < 4.78 is 55.2. The molecule has 9 heteroatoms. The molecule has 3 heterocycles. The summed E-state index contributed by atoms with van der Waals surface area (Å²) >= 11 is 0. The topological polar surface area (TPSA) is 67.5 Å². The van der Waals surface area contributed by atoms with Gasteiger partial charge < -0.3 is 14.0 Å². The maximum absolute atomic E-state index is 14.2. The Balaban J connectivity index is 1.67. The zero-order valence-electron chi connectivity index (χ0n) is 19.5. The highest BCUT2D eigenvalue weighted by Gasteiger charge is 2.44. The number of ether oxygens (including phenoxy) is 2. The van der Waals surface area contributed by atoms with Crippen molar-refractivity contribution in [3.05, 3.63) is 95.0 Å². The van der Waals surface area contributed by atoms with E-state index in [9.17, 15) is 23.2 Å². The predicted molar refractivity (Wildman–Crippen MR) is 128 cm³/mol.